The van der Waals surface area contributed by atoms with Crippen LogP contribution in [0.4, 0.5) is 4.39 Å². The van der Waals surface area contributed by atoms with Crippen LogP contribution in [0.5, 0.6) is 11.5 Å². The van der Waals surface area contributed by atoms with E-state index in [0.29, 0.717) is 5.69 Å². The minimum Gasteiger partial charge on any atom is -0.451 e. The minimum atomic E-state index is -0.670. The second-order valence-corrected chi connectivity index (χ2v) is 4.80. The molecular weight excluding hydrogens is 295 g/mol. The molecule has 0 radical (unpaired) electrons. The van der Waals surface area contributed by atoms with Crippen molar-refractivity contribution in [3.63, 3.8) is 0 Å². The number of amides is 1. The second kappa shape index (κ2) is 6.27. The van der Waals surface area contributed by atoms with Gasteiger partial charge in [-0.05, 0) is 18.2 Å². The molecule has 0 saturated carbocycles. The summed E-state index contributed by atoms with van der Waals surface area (Å²) in [6.45, 7) is 0. The van der Waals surface area contributed by atoms with E-state index in [1.807, 2.05) is 30.3 Å². The molecule has 0 aliphatic carbocycles. The molecule has 4 nitrogen and oxygen atoms in total. The van der Waals surface area contributed by atoms with Crippen molar-refractivity contribution in [2.45, 2.75) is 0 Å². The van der Waals surface area contributed by atoms with Crippen LogP contribution in [0.15, 0.2) is 66.9 Å². The van der Waals surface area contributed by atoms with E-state index < -0.39 is 11.7 Å². The molecule has 3 aromatic rings. The lowest BCUT2D eigenvalue weighted by Gasteiger charge is -2.14. The van der Waals surface area contributed by atoms with Gasteiger partial charge in [0.2, 0.25) is 0 Å². The van der Waals surface area contributed by atoms with E-state index in [9.17, 15) is 9.18 Å². The van der Waals surface area contributed by atoms with Crippen LogP contribution in [0, 0.1) is 5.82 Å². The van der Waals surface area contributed by atoms with E-state index in [1.54, 1.807) is 12.1 Å². The predicted octanol–water partition coefficient (Wildman–Crippen LogP) is 3.78. The van der Waals surface area contributed by atoms with Crippen molar-refractivity contribution in [3.05, 3.63) is 78.2 Å². The lowest BCUT2D eigenvalue weighted by molar-refractivity contribution is 0.0998. The average Bonchev–Trinajstić information content (AvgIpc) is 2.57. The molecule has 0 aliphatic rings. The fourth-order valence-corrected chi connectivity index (χ4v) is 2.18. The number of carbonyl (C=O) groups excluding carboxylic acids is 1. The van der Waals surface area contributed by atoms with E-state index in [1.165, 1.54) is 24.4 Å². The molecule has 1 aromatic heterocycles. The van der Waals surface area contributed by atoms with Crippen LogP contribution in [-0.2, 0) is 0 Å². The number of ether oxygens (including phenoxy) is 1. The summed E-state index contributed by atoms with van der Waals surface area (Å²) in [6, 6.07) is 16.6. The number of rotatable bonds is 4. The zero-order valence-corrected chi connectivity index (χ0v) is 12.1. The van der Waals surface area contributed by atoms with Crippen molar-refractivity contribution in [3.8, 4) is 22.8 Å². The number of nitrogens with two attached hydrogens (primary N) is 1. The number of primary amides is 1. The van der Waals surface area contributed by atoms with E-state index in [0.717, 1.165) is 5.56 Å². The Balaban J connectivity index is 2.16. The highest BCUT2D eigenvalue weighted by Gasteiger charge is 2.18. The number of benzene rings is 2. The summed E-state index contributed by atoms with van der Waals surface area (Å²) < 4.78 is 19.5. The van der Waals surface area contributed by atoms with Crippen LogP contribution < -0.4 is 10.5 Å². The molecule has 5 heteroatoms. The summed E-state index contributed by atoms with van der Waals surface area (Å²) >= 11 is 0. The number of hydrogen-bond donors (Lipinski definition) is 1. The maximum atomic E-state index is 13.9. The standard InChI is InChI=1S/C18H13FN2O2/c19-14-8-4-5-9-15(14)23-17-13(18(20)22)10-11-21-16(17)12-6-2-1-3-7-12/h1-11H,(H2,20,22). The van der Waals surface area contributed by atoms with Gasteiger partial charge in [0.25, 0.3) is 5.91 Å². The van der Waals surface area contributed by atoms with Crippen LogP contribution in [0.3, 0.4) is 0 Å². The van der Waals surface area contributed by atoms with Gasteiger partial charge in [0, 0.05) is 11.8 Å². The molecule has 0 bridgehead atoms. The summed E-state index contributed by atoms with van der Waals surface area (Å²) in [5.41, 5.74) is 6.71. The highest BCUT2D eigenvalue weighted by Crippen LogP contribution is 2.35. The third-order valence-corrected chi connectivity index (χ3v) is 3.27. The van der Waals surface area contributed by atoms with Gasteiger partial charge < -0.3 is 10.5 Å². The number of aromatic nitrogens is 1. The van der Waals surface area contributed by atoms with Crippen molar-refractivity contribution < 1.29 is 13.9 Å². The highest BCUT2D eigenvalue weighted by atomic mass is 19.1. The highest BCUT2D eigenvalue weighted by molar-refractivity contribution is 5.97. The van der Waals surface area contributed by atoms with Crippen molar-refractivity contribution in [2.75, 3.05) is 0 Å². The summed E-state index contributed by atoms with van der Waals surface area (Å²) in [6.07, 6.45) is 1.47. The Bertz CT molecular complexity index is 851. The maximum Gasteiger partial charge on any atom is 0.252 e. The first-order valence-corrected chi connectivity index (χ1v) is 6.93. The first-order valence-electron chi connectivity index (χ1n) is 6.93. The van der Waals surface area contributed by atoms with Crippen molar-refractivity contribution in [1.82, 2.24) is 4.98 Å². The van der Waals surface area contributed by atoms with Crippen LogP contribution >= 0.6 is 0 Å². The van der Waals surface area contributed by atoms with Gasteiger partial charge in [-0.15, -0.1) is 0 Å². The van der Waals surface area contributed by atoms with E-state index >= 15 is 0 Å². The van der Waals surface area contributed by atoms with Gasteiger partial charge in [-0.3, -0.25) is 9.78 Å². The van der Waals surface area contributed by atoms with Crippen LogP contribution in [0.25, 0.3) is 11.3 Å². The lowest BCUT2D eigenvalue weighted by atomic mass is 10.1. The molecule has 2 aromatic carbocycles. The van der Waals surface area contributed by atoms with Gasteiger partial charge in [0.15, 0.2) is 17.3 Å². The molecule has 3 rings (SSSR count). The minimum absolute atomic E-state index is 0.000168. The molecule has 0 unspecified atom stereocenters. The van der Waals surface area contributed by atoms with Crippen molar-refractivity contribution in [1.29, 1.82) is 0 Å². The third kappa shape index (κ3) is 3.03. The fourth-order valence-electron chi connectivity index (χ4n) is 2.18. The maximum absolute atomic E-state index is 13.9. The van der Waals surface area contributed by atoms with Crippen LogP contribution in [0.1, 0.15) is 10.4 Å². The van der Waals surface area contributed by atoms with E-state index in [2.05, 4.69) is 4.98 Å². The molecule has 0 saturated heterocycles. The van der Waals surface area contributed by atoms with E-state index in [4.69, 9.17) is 10.5 Å². The summed E-state index contributed by atoms with van der Waals surface area (Å²) in [4.78, 5) is 16.0. The molecule has 2 N–H and O–H groups in total. The van der Waals surface area contributed by atoms with Gasteiger partial charge in [0.1, 0.15) is 5.69 Å². The lowest BCUT2D eigenvalue weighted by Crippen LogP contribution is -2.13. The Morgan fingerprint density at radius 1 is 1.00 bits per heavy atom. The molecule has 0 atom stereocenters. The van der Waals surface area contributed by atoms with Gasteiger partial charge in [-0.1, -0.05) is 42.5 Å². The molecule has 0 aliphatic heterocycles. The van der Waals surface area contributed by atoms with Gasteiger partial charge in [-0.2, -0.15) is 0 Å². The Morgan fingerprint density at radius 2 is 1.70 bits per heavy atom. The number of carbonyl (C=O) groups is 1. The fraction of sp³-hybridized carbons (Fsp3) is 0. The van der Waals surface area contributed by atoms with Crippen LogP contribution in [-0.4, -0.2) is 10.9 Å². The molecular formula is C18H13FN2O2. The zero-order valence-electron chi connectivity index (χ0n) is 12.1. The van der Waals surface area contributed by atoms with Crippen molar-refractivity contribution in [2.24, 2.45) is 5.73 Å². The molecule has 0 fully saturated rings. The topological polar surface area (TPSA) is 65.2 Å². The zero-order chi connectivity index (χ0) is 16.2. The number of halogens is 1. The van der Waals surface area contributed by atoms with Crippen molar-refractivity contribution >= 4 is 5.91 Å². The van der Waals surface area contributed by atoms with Gasteiger partial charge >= 0.3 is 0 Å². The summed E-state index contributed by atoms with van der Waals surface area (Å²) in [5.74, 6) is -1.07. The van der Waals surface area contributed by atoms with Gasteiger partial charge in [-0.25, -0.2) is 4.39 Å². The molecule has 0 spiro atoms. The first-order chi connectivity index (χ1) is 11.2. The van der Waals surface area contributed by atoms with Gasteiger partial charge in [0.05, 0.1) is 5.56 Å². The molecule has 23 heavy (non-hydrogen) atoms. The van der Waals surface area contributed by atoms with Crippen LogP contribution in [0.2, 0.25) is 0 Å². The summed E-state index contributed by atoms with van der Waals surface area (Å²) in [7, 11) is 0. The SMILES string of the molecule is NC(=O)c1ccnc(-c2ccccc2)c1Oc1ccccc1F. The largest absolute Gasteiger partial charge is 0.451 e. The monoisotopic (exact) mass is 308 g/mol. The van der Waals surface area contributed by atoms with E-state index in [-0.39, 0.29) is 17.1 Å². The summed E-state index contributed by atoms with van der Waals surface area (Å²) in [5, 5.41) is 0. The Hall–Kier alpha value is -3.21. The number of para-hydroxylation sites is 1. The average molecular weight is 308 g/mol. The Kier molecular flexibility index (Phi) is 4.01. The smallest absolute Gasteiger partial charge is 0.252 e. The normalized spacial score (nSPS) is 10.3. The Labute approximate surface area is 132 Å². The predicted molar refractivity (Wildman–Crippen MR) is 84.7 cm³/mol. The quantitative estimate of drug-likeness (QED) is 0.797. The number of nitrogens with zero attached hydrogens (tertiary/aromatic N) is 1. The second-order valence-electron chi connectivity index (χ2n) is 4.80. The number of pyridine rings is 1. The molecule has 1 heterocycles. The Morgan fingerprint density at radius 3 is 2.39 bits per heavy atom. The molecule has 1 amide bonds. The number of hydrogen-bond acceptors (Lipinski definition) is 3. The first kappa shape index (κ1) is 14.7. The molecule has 114 valence electrons. The third-order valence-electron chi connectivity index (χ3n) is 3.27.